The summed E-state index contributed by atoms with van der Waals surface area (Å²) in [7, 11) is 6.03. The van der Waals surface area contributed by atoms with E-state index in [0.717, 1.165) is 107 Å². The maximum atomic E-state index is 12.8. The minimum atomic E-state index is -0.479. The van der Waals surface area contributed by atoms with Crippen LogP contribution >= 0.6 is 15.9 Å². The van der Waals surface area contributed by atoms with Gasteiger partial charge in [0, 0.05) is 197 Å². The fourth-order valence-corrected chi connectivity index (χ4v) is 18.2. The Kier molecular flexibility index (Phi) is 26.6. The standard InChI is InChI=1S/C22H33BN2O4.2C22H27N3O3.C17H19N3O.C6H6BrNO.CH4/c1-20(2,3)27-19(26)25-16-8-9-18(25)17(11-16)14-10-15(13-24-12-14)23-28-21(4,5)22(6,7)29-23;2*1-22(2,3)28-21(26)25-17-5-6-19(25)18(11-17)16-9-15(12-23-13-16)14-7-8-24-20(10-14)27-4;1-21-17-7-11(4-5-19-17)12-6-13(10-18-9-12)15-8-14-2-3-16(15)20-14;1-9-6-4-5(7)2-3-8-6;/h10,12-13,16-18H,8-9,11H2,1-7H3;2*7-10,12-13,17-19H,5-6,11H2,1-4H3;4-7,9-10,14-16,20H,2-3,8H2,1H3;2-4H,1H3;1H4. The molecule has 12 atom stereocenters. The largest absolute Gasteiger partial charge is 0.496 e. The molecule has 3 amide bonds. The highest BCUT2D eigenvalue weighted by atomic mass is 79.9. The summed E-state index contributed by atoms with van der Waals surface area (Å²) >= 11 is 3.28. The first-order valence-electron chi connectivity index (χ1n) is 40.4. The molecular weight excluding hydrogens is 1530 g/mol. The van der Waals surface area contributed by atoms with Gasteiger partial charge in [0.05, 0.1) is 39.6 Å². The van der Waals surface area contributed by atoms with Gasteiger partial charge in [-0.15, -0.1) is 0 Å². The third-order valence-corrected chi connectivity index (χ3v) is 24.3. The normalized spacial score (nSPS) is 24.6. The predicted molar refractivity (Wildman–Crippen MR) is 451 cm³/mol. The van der Waals surface area contributed by atoms with Crippen LogP contribution in [0.3, 0.4) is 0 Å². The van der Waals surface area contributed by atoms with E-state index in [1.165, 1.54) is 36.0 Å². The Morgan fingerprint density at radius 1 is 0.422 bits per heavy atom. The van der Waals surface area contributed by atoms with E-state index >= 15 is 0 Å². The van der Waals surface area contributed by atoms with E-state index < -0.39 is 23.9 Å². The molecule has 8 aromatic rings. The number of ether oxygens (including phenoxy) is 7. The van der Waals surface area contributed by atoms with Gasteiger partial charge in [-0.1, -0.05) is 29.4 Å². The number of nitrogens with one attached hydrogen (secondary N) is 1. The van der Waals surface area contributed by atoms with E-state index in [1.807, 2.05) is 169 Å². The first-order valence-corrected chi connectivity index (χ1v) is 41.2. The average Bonchev–Trinajstić information content (AvgIpc) is 1.62. The average molecular weight is 1650 g/mol. The van der Waals surface area contributed by atoms with Crippen molar-refractivity contribution in [3.05, 3.63) is 174 Å². The number of methoxy groups -OCH3 is 4. The summed E-state index contributed by atoms with van der Waals surface area (Å²) in [6, 6.07) is 26.8. The van der Waals surface area contributed by atoms with Crippen LogP contribution in [-0.4, -0.2) is 185 Å². The Hall–Kier alpha value is -9.37. The van der Waals surface area contributed by atoms with Gasteiger partial charge >= 0.3 is 25.4 Å². The second kappa shape index (κ2) is 35.8. The van der Waals surface area contributed by atoms with Gasteiger partial charge in [-0.05, 0) is 248 Å². The van der Waals surface area contributed by atoms with Gasteiger partial charge in [0.15, 0.2) is 0 Å². The number of hydrogen-bond donors (Lipinski definition) is 1. The molecule has 12 unspecified atom stereocenters. The molecule has 0 aromatic carbocycles. The van der Waals surface area contributed by atoms with Crippen molar-refractivity contribution < 1.29 is 56.9 Å². The van der Waals surface area contributed by atoms with E-state index in [4.69, 9.17) is 42.5 Å². The molecule has 0 saturated carbocycles. The first-order chi connectivity index (χ1) is 54.7. The van der Waals surface area contributed by atoms with Crippen molar-refractivity contribution in [2.75, 3.05) is 28.4 Å². The van der Waals surface area contributed by atoms with Gasteiger partial charge in [0.1, 0.15) is 16.8 Å². The highest BCUT2D eigenvalue weighted by Crippen LogP contribution is 2.51. The second-order valence-corrected chi connectivity index (χ2v) is 36.3. The number of carbonyl (C=O) groups is 3. The van der Waals surface area contributed by atoms with Crippen molar-refractivity contribution in [1.29, 1.82) is 0 Å². The molecule has 116 heavy (non-hydrogen) atoms. The Labute approximate surface area is 693 Å². The van der Waals surface area contributed by atoms with Gasteiger partial charge in [-0.25, -0.2) is 34.3 Å². The Morgan fingerprint density at radius 3 is 1.08 bits per heavy atom. The van der Waals surface area contributed by atoms with E-state index in [0.29, 0.717) is 53.4 Å². The van der Waals surface area contributed by atoms with Crippen LogP contribution in [0.25, 0.3) is 33.4 Å². The SMILES string of the molecule is C.CC(C)(C)OC(=O)N1C2CCC1C(c1cncc(B3OC(C)(C)C(C)(C)O3)c1)C2.COc1cc(-c2cncc(C3CC4CCC3N4)c2)ccn1.COc1cc(-c2cncc(C3CC4CCC3N4C(=O)OC(C)(C)C)c2)ccn1.COc1cc(-c2cncc(C3CC4CCC3N4C(=O)OC(C)(C)C)c2)ccn1.COc1cc(Br)ccn1. The number of carbonyl (C=O) groups excluding carboxylic acids is 3. The maximum Gasteiger partial charge on any atom is 0.496 e. The quantitative estimate of drug-likeness (QED) is 0.0880. The number of pyridine rings is 8. The molecule has 9 aliphatic rings. The monoisotopic (exact) mass is 1650 g/mol. The molecule has 26 heteroatoms. The predicted octanol–water partition coefficient (Wildman–Crippen LogP) is 17.7. The number of amides is 3. The molecule has 0 radical (unpaired) electrons. The summed E-state index contributed by atoms with van der Waals surface area (Å²) < 4.78 is 50.9. The molecule has 8 aromatic heterocycles. The molecule has 17 rings (SSSR count). The summed E-state index contributed by atoms with van der Waals surface area (Å²) in [4.78, 5) is 78.4. The van der Waals surface area contributed by atoms with Gasteiger partial charge in [-0.2, -0.15) is 0 Å². The third kappa shape index (κ3) is 20.1. The molecular formula is C90H116BBrN12O12. The minimum Gasteiger partial charge on any atom is -0.481 e. The van der Waals surface area contributed by atoms with Crippen molar-refractivity contribution >= 4 is 46.8 Å². The number of fused-ring (bicyclic) bond motifs is 8. The van der Waals surface area contributed by atoms with Crippen molar-refractivity contribution in [3.8, 4) is 56.9 Å². The molecule has 9 aliphatic heterocycles. The molecule has 1 N–H and O–H groups in total. The van der Waals surface area contributed by atoms with Crippen molar-refractivity contribution in [2.45, 2.75) is 274 Å². The lowest BCUT2D eigenvalue weighted by Gasteiger charge is -2.32. The third-order valence-electron chi connectivity index (χ3n) is 23.8. The van der Waals surface area contributed by atoms with Crippen LogP contribution in [0.1, 0.15) is 220 Å². The summed E-state index contributed by atoms with van der Waals surface area (Å²) in [6.07, 6.45) is 34.6. The molecule has 24 nitrogen and oxygen atoms in total. The van der Waals surface area contributed by atoms with Crippen LogP contribution in [0.15, 0.2) is 152 Å². The van der Waals surface area contributed by atoms with Gasteiger partial charge < -0.3 is 62.5 Å². The number of nitrogens with zero attached hydrogens (tertiary/aromatic N) is 11. The maximum absolute atomic E-state index is 12.8. The van der Waals surface area contributed by atoms with Crippen LogP contribution < -0.4 is 29.7 Å². The molecule has 0 aliphatic carbocycles. The van der Waals surface area contributed by atoms with Gasteiger partial charge in [0.25, 0.3) is 0 Å². The van der Waals surface area contributed by atoms with Crippen LogP contribution in [0.2, 0.25) is 0 Å². The fraction of sp³-hybridized carbons (Fsp3) is 0.522. The Morgan fingerprint density at radius 2 is 0.759 bits per heavy atom. The zero-order valence-electron chi connectivity index (χ0n) is 69.5. The van der Waals surface area contributed by atoms with E-state index in [2.05, 4.69) is 113 Å². The molecule has 9 saturated heterocycles. The first kappa shape index (κ1) is 86.0. The number of halogens is 1. The topological polar surface area (TPSA) is 259 Å². The van der Waals surface area contributed by atoms with Crippen LogP contribution in [0, 0.1) is 0 Å². The van der Waals surface area contributed by atoms with Crippen LogP contribution in [0.4, 0.5) is 14.4 Å². The molecule has 8 bridgehead atoms. The highest BCUT2D eigenvalue weighted by molar-refractivity contribution is 9.10. The summed E-state index contributed by atoms with van der Waals surface area (Å²) in [5.74, 6) is 3.91. The summed E-state index contributed by atoms with van der Waals surface area (Å²) in [5.41, 5.74) is 9.94. The van der Waals surface area contributed by atoms with Crippen molar-refractivity contribution in [3.63, 3.8) is 0 Å². The Balaban J connectivity index is 0.000000138. The van der Waals surface area contributed by atoms with Crippen LogP contribution in [-0.2, 0) is 23.5 Å². The number of aromatic nitrogens is 8. The zero-order chi connectivity index (χ0) is 81.9. The van der Waals surface area contributed by atoms with E-state index in [-0.39, 0.29) is 79.1 Å². The second-order valence-electron chi connectivity index (χ2n) is 35.4. The smallest absolute Gasteiger partial charge is 0.481 e. The number of rotatable bonds is 12. The number of hydrogen-bond acceptors (Lipinski definition) is 21. The molecule has 0 spiro atoms. The lowest BCUT2D eigenvalue weighted by atomic mass is 9.77. The van der Waals surface area contributed by atoms with Crippen molar-refractivity contribution in [2.24, 2.45) is 0 Å². The van der Waals surface area contributed by atoms with Crippen LogP contribution in [0.5, 0.6) is 23.5 Å². The minimum absolute atomic E-state index is 0. The summed E-state index contributed by atoms with van der Waals surface area (Å²) in [6.45, 7) is 25.4. The van der Waals surface area contributed by atoms with Crippen molar-refractivity contribution in [1.82, 2.24) is 59.9 Å². The van der Waals surface area contributed by atoms with E-state index in [1.54, 1.807) is 59.3 Å². The summed E-state index contributed by atoms with van der Waals surface area (Å²) in [5, 5.41) is 3.70. The molecule has 9 fully saturated rings. The lowest BCUT2D eigenvalue weighted by molar-refractivity contribution is 0.00578. The van der Waals surface area contributed by atoms with Gasteiger partial charge in [0.2, 0.25) is 23.5 Å². The molecule has 618 valence electrons. The fourth-order valence-electron chi connectivity index (χ4n) is 17.9. The van der Waals surface area contributed by atoms with Gasteiger partial charge in [-0.3, -0.25) is 19.9 Å². The lowest BCUT2D eigenvalue weighted by Crippen LogP contribution is -2.41. The molecule has 17 heterocycles. The zero-order valence-corrected chi connectivity index (χ0v) is 71.1. The Bertz CT molecular complexity index is 4570. The van der Waals surface area contributed by atoms with E-state index in [9.17, 15) is 14.4 Å². The highest BCUT2D eigenvalue weighted by Gasteiger charge is 2.55.